The van der Waals surface area contributed by atoms with E-state index in [1.807, 2.05) is 86.6 Å². The molecule has 1 aromatic heterocycles. The van der Waals surface area contributed by atoms with Gasteiger partial charge in [0.25, 0.3) is 5.91 Å². The number of rotatable bonds is 4. The van der Waals surface area contributed by atoms with Crippen molar-refractivity contribution in [2.24, 2.45) is 0 Å². The summed E-state index contributed by atoms with van der Waals surface area (Å²) in [4.78, 5) is 17.3. The highest BCUT2D eigenvalue weighted by molar-refractivity contribution is 6.31. The molecule has 0 aliphatic heterocycles. The summed E-state index contributed by atoms with van der Waals surface area (Å²) in [6.45, 7) is 3.96. The highest BCUT2D eigenvalue weighted by Crippen LogP contribution is 2.25. The lowest BCUT2D eigenvalue weighted by Crippen LogP contribution is -2.14. The van der Waals surface area contributed by atoms with Gasteiger partial charge in [0.1, 0.15) is 0 Å². The van der Waals surface area contributed by atoms with Crippen molar-refractivity contribution in [1.29, 1.82) is 0 Å². The first-order valence-corrected chi connectivity index (χ1v) is 9.56. The van der Waals surface area contributed by atoms with E-state index in [0.717, 1.165) is 22.4 Å². The second kappa shape index (κ2) is 7.89. The Morgan fingerprint density at radius 3 is 2.38 bits per heavy atom. The minimum Gasteiger partial charge on any atom is -0.319 e. The molecule has 6 heteroatoms. The van der Waals surface area contributed by atoms with Gasteiger partial charge in [-0.3, -0.25) is 4.79 Å². The smallest absolute Gasteiger partial charge is 0.295 e. The summed E-state index contributed by atoms with van der Waals surface area (Å²) in [6, 6.07) is 22.8. The van der Waals surface area contributed by atoms with E-state index in [0.29, 0.717) is 16.5 Å². The molecule has 29 heavy (non-hydrogen) atoms. The number of para-hydroxylation sites is 1. The Kier molecular flexibility index (Phi) is 5.14. The van der Waals surface area contributed by atoms with Crippen LogP contribution in [0.1, 0.15) is 21.7 Å². The quantitative estimate of drug-likeness (QED) is 0.493. The van der Waals surface area contributed by atoms with Crippen LogP contribution in [0.25, 0.3) is 17.1 Å². The number of benzene rings is 3. The van der Waals surface area contributed by atoms with Gasteiger partial charge in [0.05, 0.1) is 5.69 Å². The van der Waals surface area contributed by atoms with E-state index in [9.17, 15) is 4.79 Å². The molecule has 0 aliphatic rings. The molecule has 0 spiro atoms. The lowest BCUT2D eigenvalue weighted by Gasteiger charge is -2.08. The molecule has 0 unspecified atom stereocenters. The predicted octanol–water partition coefficient (Wildman–Crippen LogP) is 5.46. The number of aromatic nitrogens is 3. The van der Waals surface area contributed by atoms with Gasteiger partial charge in [-0.2, -0.15) is 0 Å². The van der Waals surface area contributed by atoms with E-state index < -0.39 is 0 Å². The van der Waals surface area contributed by atoms with Crippen LogP contribution < -0.4 is 5.32 Å². The first-order valence-electron chi connectivity index (χ1n) is 9.18. The monoisotopic (exact) mass is 402 g/mol. The molecule has 0 atom stereocenters. The maximum atomic E-state index is 12.7. The van der Waals surface area contributed by atoms with Gasteiger partial charge >= 0.3 is 0 Å². The van der Waals surface area contributed by atoms with Crippen molar-refractivity contribution < 1.29 is 4.79 Å². The molecule has 0 radical (unpaired) electrons. The number of hydrogen-bond acceptors (Lipinski definition) is 3. The Morgan fingerprint density at radius 2 is 1.69 bits per heavy atom. The number of carbonyl (C=O) groups excluding carboxylic acids is 1. The van der Waals surface area contributed by atoms with Gasteiger partial charge in [-0.1, -0.05) is 65.7 Å². The van der Waals surface area contributed by atoms with Crippen LogP contribution in [-0.2, 0) is 0 Å². The standard InChI is InChI=1S/C23H19ClN4O/c1-15-8-11-17(12-9-15)22-26-21(23(29)25-18-6-4-3-5-7-18)27-28(22)19-13-10-16(2)20(24)14-19/h3-14H,1-2H3,(H,25,29). The zero-order valence-electron chi connectivity index (χ0n) is 16.1. The van der Waals surface area contributed by atoms with Gasteiger partial charge in [0.2, 0.25) is 5.82 Å². The second-order valence-electron chi connectivity index (χ2n) is 6.79. The second-order valence-corrected chi connectivity index (χ2v) is 7.20. The lowest BCUT2D eigenvalue weighted by atomic mass is 10.1. The van der Waals surface area contributed by atoms with Crippen LogP contribution in [0.5, 0.6) is 0 Å². The summed E-state index contributed by atoms with van der Waals surface area (Å²) < 4.78 is 1.65. The van der Waals surface area contributed by atoms with Crippen molar-refractivity contribution in [2.45, 2.75) is 13.8 Å². The molecule has 4 rings (SSSR count). The predicted molar refractivity (Wildman–Crippen MR) is 116 cm³/mol. The van der Waals surface area contributed by atoms with E-state index in [1.54, 1.807) is 4.68 Å². The van der Waals surface area contributed by atoms with Crippen molar-refractivity contribution in [3.8, 4) is 17.1 Å². The molecule has 5 nitrogen and oxygen atoms in total. The fourth-order valence-corrected chi connectivity index (χ4v) is 3.07. The third kappa shape index (κ3) is 4.05. The Labute approximate surface area is 174 Å². The van der Waals surface area contributed by atoms with Gasteiger partial charge in [-0.15, -0.1) is 5.10 Å². The first-order chi connectivity index (χ1) is 14.0. The Morgan fingerprint density at radius 1 is 0.966 bits per heavy atom. The summed E-state index contributed by atoms with van der Waals surface area (Å²) in [5.41, 5.74) is 4.39. The normalized spacial score (nSPS) is 10.7. The maximum absolute atomic E-state index is 12.7. The maximum Gasteiger partial charge on any atom is 0.295 e. The largest absolute Gasteiger partial charge is 0.319 e. The summed E-state index contributed by atoms with van der Waals surface area (Å²) in [6.07, 6.45) is 0. The van der Waals surface area contributed by atoms with Crippen LogP contribution >= 0.6 is 11.6 Å². The number of nitrogens with zero attached hydrogens (tertiary/aromatic N) is 3. The molecule has 1 N–H and O–H groups in total. The first kappa shape index (κ1) is 18.9. The molecule has 144 valence electrons. The number of amides is 1. The number of nitrogens with one attached hydrogen (secondary N) is 1. The zero-order valence-corrected chi connectivity index (χ0v) is 16.8. The van der Waals surface area contributed by atoms with Gasteiger partial charge in [-0.05, 0) is 43.7 Å². The zero-order chi connectivity index (χ0) is 20.4. The minimum absolute atomic E-state index is 0.0844. The van der Waals surface area contributed by atoms with Crippen molar-refractivity contribution in [3.05, 3.63) is 94.8 Å². The third-order valence-corrected chi connectivity index (χ3v) is 4.96. The lowest BCUT2D eigenvalue weighted by molar-refractivity contribution is 0.101. The SMILES string of the molecule is Cc1ccc(-c2nc(C(=O)Nc3ccccc3)nn2-c2ccc(C)c(Cl)c2)cc1. The minimum atomic E-state index is -0.374. The molecule has 3 aromatic carbocycles. The summed E-state index contributed by atoms with van der Waals surface area (Å²) in [7, 11) is 0. The number of halogens is 1. The van der Waals surface area contributed by atoms with E-state index in [2.05, 4.69) is 15.4 Å². The summed E-state index contributed by atoms with van der Waals surface area (Å²) in [5.74, 6) is 0.283. The molecule has 0 aliphatic carbocycles. The molecule has 0 fully saturated rings. The Bertz CT molecular complexity index is 1170. The Balaban J connectivity index is 1.78. The summed E-state index contributed by atoms with van der Waals surface area (Å²) in [5, 5.41) is 7.94. The van der Waals surface area contributed by atoms with E-state index in [1.165, 1.54) is 0 Å². The fraction of sp³-hybridized carbons (Fsp3) is 0.0870. The van der Waals surface area contributed by atoms with Crippen molar-refractivity contribution in [2.75, 3.05) is 5.32 Å². The van der Waals surface area contributed by atoms with Crippen molar-refractivity contribution >= 4 is 23.2 Å². The topological polar surface area (TPSA) is 59.8 Å². The molecule has 4 aromatic rings. The van der Waals surface area contributed by atoms with Gasteiger partial charge in [-0.25, -0.2) is 9.67 Å². The van der Waals surface area contributed by atoms with Crippen LogP contribution in [0.4, 0.5) is 5.69 Å². The van der Waals surface area contributed by atoms with Gasteiger partial charge < -0.3 is 5.32 Å². The number of anilines is 1. The van der Waals surface area contributed by atoms with Gasteiger partial charge in [0, 0.05) is 16.3 Å². The highest BCUT2D eigenvalue weighted by Gasteiger charge is 2.19. The molecule has 0 saturated carbocycles. The highest BCUT2D eigenvalue weighted by atomic mass is 35.5. The molecule has 1 heterocycles. The third-order valence-electron chi connectivity index (χ3n) is 4.55. The molecule has 0 bridgehead atoms. The number of carbonyl (C=O) groups is 1. The van der Waals surface area contributed by atoms with Crippen molar-refractivity contribution in [1.82, 2.24) is 14.8 Å². The van der Waals surface area contributed by atoms with Crippen LogP contribution in [0.2, 0.25) is 5.02 Å². The average molecular weight is 403 g/mol. The van der Waals surface area contributed by atoms with Crippen LogP contribution in [0.15, 0.2) is 72.8 Å². The molecule has 0 saturated heterocycles. The summed E-state index contributed by atoms with van der Waals surface area (Å²) >= 11 is 6.32. The number of hydrogen-bond donors (Lipinski definition) is 1. The van der Waals surface area contributed by atoms with E-state index in [-0.39, 0.29) is 11.7 Å². The fourth-order valence-electron chi connectivity index (χ4n) is 2.90. The van der Waals surface area contributed by atoms with Crippen LogP contribution in [0.3, 0.4) is 0 Å². The van der Waals surface area contributed by atoms with Gasteiger partial charge in [0.15, 0.2) is 5.82 Å². The van der Waals surface area contributed by atoms with E-state index >= 15 is 0 Å². The average Bonchev–Trinajstić information content (AvgIpc) is 3.17. The molecular weight excluding hydrogens is 384 g/mol. The van der Waals surface area contributed by atoms with E-state index in [4.69, 9.17) is 11.6 Å². The Hall–Kier alpha value is -3.44. The molecule has 1 amide bonds. The van der Waals surface area contributed by atoms with Crippen LogP contribution in [0, 0.1) is 13.8 Å². The number of aryl methyl sites for hydroxylation is 2. The van der Waals surface area contributed by atoms with Crippen LogP contribution in [-0.4, -0.2) is 20.7 Å². The van der Waals surface area contributed by atoms with Crippen molar-refractivity contribution in [3.63, 3.8) is 0 Å². The molecular formula is C23H19ClN4O.